The lowest BCUT2D eigenvalue weighted by Crippen LogP contribution is -1.99. The molecule has 1 N–H and O–H groups in total. The Bertz CT molecular complexity index is 553. The zero-order valence-corrected chi connectivity index (χ0v) is 11.2. The van der Waals surface area contributed by atoms with Crippen LogP contribution in [0.3, 0.4) is 0 Å². The topological polar surface area (TPSA) is 20.2 Å². The van der Waals surface area contributed by atoms with Gasteiger partial charge in [0.25, 0.3) is 0 Å². The van der Waals surface area contributed by atoms with Gasteiger partial charge in [0.2, 0.25) is 0 Å². The second-order valence-electron chi connectivity index (χ2n) is 3.67. The summed E-state index contributed by atoms with van der Waals surface area (Å²) in [6, 6.07) is 3.89. The number of hydrogen-bond acceptors (Lipinski definition) is 2. The number of hydrogen-bond donors (Lipinski definition) is 1. The van der Waals surface area contributed by atoms with Gasteiger partial charge in [0.15, 0.2) is 0 Å². The molecule has 90 valence electrons. The zero-order valence-electron chi connectivity index (χ0n) is 8.88. The van der Waals surface area contributed by atoms with Gasteiger partial charge in [-0.3, -0.25) is 0 Å². The molecular weight excluding hydrogens is 282 g/mol. The maximum absolute atomic E-state index is 13.1. The second-order valence-corrected chi connectivity index (χ2v) is 5.36. The minimum Gasteiger partial charge on any atom is -0.383 e. The van der Waals surface area contributed by atoms with Crippen LogP contribution in [0.25, 0.3) is 0 Å². The molecule has 5 heteroatoms. The molecule has 1 unspecified atom stereocenters. The lowest BCUT2D eigenvalue weighted by molar-refractivity contribution is 0.224. The lowest BCUT2D eigenvalue weighted by atomic mass is 10.1. The van der Waals surface area contributed by atoms with Crippen LogP contribution in [0.1, 0.15) is 22.1 Å². The molecule has 0 aliphatic heterocycles. The first-order chi connectivity index (χ1) is 8.00. The Morgan fingerprint density at radius 3 is 2.65 bits per heavy atom. The third-order valence-electron chi connectivity index (χ3n) is 2.43. The van der Waals surface area contributed by atoms with Crippen LogP contribution in [-0.4, -0.2) is 5.11 Å². The van der Waals surface area contributed by atoms with Crippen molar-refractivity contribution in [2.75, 3.05) is 0 Å². The molecule has 2 rings (SSSR count). The fraction of sp³-hybridized carbons (Fsp3) is 0.167. The Hall–Kier alpha value is -0.610. The van der Waals surface area contributed by atoms with Crippen molar-refractivity contribution >= 4 is 34.5 Å². The van der Waals surface area contributed by atoms with Crippen molar-refractivity contribution in [1.82, 2.24) is 0 Å². The summed E-state index contributed by atoms with van der Waals surface area (Å²) in [7, 11) is 0. The molecule has 0 radical (unpaired) electrons. The molecule has 0 saturated heterocycles. The molecule has 1 aromatic heterocycles. The standard InChI is InChI=1S/C12H9Cl2FOS/c1-6-5-17-12(10(6)14)11(16)8-4-7(15)2-3-9(8)13/h2-5,11,16H,1H3. The van der Waals surface area contributed by atoms with Gasteiger partial charge in [0.05, 0.1) is 9.90 Å². The summed E-state index contributed by atoms with van der Waals surface area (Å²) in [6.07, 6.45) is -0.996. The smallest absolute Gasteiger partial charge is 0.123 e. The summed E-state index contributed by atoms with van der Waals surface area (Å²) in [5.74, 6) is -0.437. The predicted octanol–water partition coefficient (Wildman–Crippen LogP) is 4.58. The van der Waals surface area contributed by atoms with Crippen LogP contribution in [0.2, 0.25) is 10.0 Å². The van der Waals surface area contributed by atoms with E-state index in [-0.39, 0.29) is 0 Å². The summed E-state index contributed by atoms with van der Waals surface area (Å²) in [4.78, 5) is 0.580. The highest BCUT2D eigenvalue weighted by atomic mass is 35.5. The van der Waals surface area contributed by atoms with Crippen molar-refractivity contribution in [2.24, 2.45) is 0 Å². The van der Waals surface area contributed by atoms with Crippen molar-refractivity contribution < 1.29 is 9.50 Å². The van der Waals surface area contributed by atoms with E-state index in [1.807, 2.05) is 12.3 Å². The van der Waals surface area contributed by atoms with Crippen LogP contribution in [-0.2, 0) is 0 Å². The maximum atomic E-state index is 13.1. The van der Waals surface area contributed by atoms with Crippen molar-refractivity contribution in [3.8, 4) is 0 Å². The summed E-state index contributed by atoms with van der Waals surface area (Å²) >= 11 is 13.3. The monoisotopic (exact) mass is 290 g/mol. The van der Waals surface area contributed by atoms with Crippen molar-refractivity contribution in [1.29, 1.82) is 0 Å². The summed E-state index contributed by atoms with van der Waals surface area (Å²) < 4.78 is 13.1. The number of halogens is 3. The van der Waals surface area contributed by atoms with Crippen LogP contribution < -0.4 is 0 Å². The molecule has 1 atom stereocenters. The highest BCUT2D eigenvalue weighted by molar-refractivity contribution is 7.10. The molecule has 0 saturated carbocycles. The van der Waals surface area contributed by atoms with E-state index in [0.717, 1.165) is 5.56 Å². The van der Waals surface area contributed by atoms with E-state index < -0.39 is 11.9 Å². The average molecular weight is 291 g/mol. The SMILES string of the molecule is Cc1csc(C(O)c2cc(F)ccc2Cl)c1Cl. The van der Waals surface area contributed by atoms with E-state index in [2.05, 4.69) is 0 Å². The van der Waals surface area contributed by atoms with Gasteiger partial charge in [-0.05, 0) is 36.1 Å². The van der Waals surface area contributed by atoms with Crippen LogP contribution >= 0.6 is 34.5 Å². The third kappa shape index (κ3) is 2.47. The van der Waals surface area contributed by atoms with Gasteiger partial charge in [0, 0.05) is 10.6 Å². The molecule has 0 aliphatic rings. The van der Waals surface area contributed by atoms with Crippen LogP contribution in [0.5, 0.6) is 0 Å². The van der Waals surface area contributed by atoms with E-state index in [4.69, 9.17) is 23.2 Å². The number of rotatable bonds is 2. The Kier molecular flexibility index (Phi) is 3.73. The van der Waals surface area contributed by atoms with Crippen molar-refractivity contribution in [2.45, 2.75) is 13.0 Å². The molecule has 0 spiro atoms. The Morgan fingerprint density at radius 2 is 2.06 bits per heavy atom. The Morgan fingerprint density at radius 1 is 1.35 bits per heavy atom. The lowest BCUT2D eigenvalue weighted by Gasteiger charge is -2.12. The minimum absolute atomic E-state index is 0.320. The molecule has 17 heavy (non-hydrogen) atoms. The van der Waals surface area contributed by atoms with Crippen LogP contribution in [0.4, 0.5) is 4.39 Å². The van der Waals surface area contributed by atoms with Crippen LogP contribution in [0, 0.1) is 12.7 Å². The predicted molar refractivity (Wildman–Crippen MR) is 69.5 cm³/mol. The fourth-order valence-corrected chi connectivity index (χ4v) is 3.02. The first kappa shape index (κ1) is 12.8. The molecule has 1 aromatic carbocycles. The van der Waals surface area contributed by atoms with Gasteiger partial charge in [-0.15, -0.1) is 11.3 Å². The normalized spacial score (nSPS) is 12.8. The van der Waals surface area contributed by atoms with Gasteiger partial charge in [0.1, 0.15) is 11.9 Å². The number of thiophene rings is 1. The average Bonchev–Trinajstić information content (AvgIpc) is 2.62. The van der Waals surface area contributed by atoms with Crippen molar-refractivity contribution in [3.05, 3.63) is 55.4 Å². The maximum Gasteiger partial charge on any atom is 0.123 e. The number of benzene rings is 1. The summed E-state index contributed by atoms with van der Waals surface area (Å²) in [6.45, 7) is 1.85. The van der Waals surface area contributed by atoms with Gasteiger partial charge < -0.3 is 5.11 Å². The van der Waals surface area contributed by atoms with Crippen LogP contribution in [0.15, 0.2) is 23.6 Å². The molecule has 1 nitrogen and oxygen atoms in total. The van der Waals surface area contributed by atoms with Gasteiger partial charge >= 0.3 is 0 Å². The highest BCUT2D eigenvalue weighted by Gasteiger charge is 2.20. The molecular formula is C12H9Cl2FOS. The Labute approximate surface area is 112 Å². The largest absolute Gasteiger partial charge is 0.383 e. The first-order valence-corrected chi connectivity index (χ1v) is 6.50. The summed E-state index contributed by atoms with van der Waals surface area (Å²) in [5.41, 5.74) is 1.22. The first-order valence-electron chi connectivity index (χ1n) is 4.87. The highest BCUT2D eigenvalue weighted by Crippen LogP contribution is 2.37. The van der Waals surface area contributed by atoms with Gasteiger partial charge in [-0.25, -0.2) is 4.39 Å². The zero-order chi connectivity index (χ0) is 12.6. The molecule has 0 fully saturated rings. The molecule has 1 heterocycles. The van der Waals surface area contributed by atoms with Crippen molar-refractivity contribution in [3.63, 3.8) is 0 Å². The number of aryl methyl sites for hydroxylation is 1. The van der Waals surface area contributed by atoms with Gasteiger partial charge in [-0.2, -0.15) is 0 Å². The van der Waals surface area contributed by atoms with E-state index in [0.29, 0.717) is 20.5 Å². The fourth-order valence-electron chi connectivity index (χ4n) is 1.50. The molecule has 0 aliphatic carbocycles. The molecule has 0 bridgehead atoms. The number of aliphatic hydroxyl groups excluding tert-OH is 1. The quantitative estimate of drug-likeness (QED) is 0.858. The number of aliphatic hydroxyl groups is 1. The molecule has 0 amide bonds. The third-order valence-corrected chi connectivity index (χ3v) is 4.54. The second kappa shape index (κ2) is 4.94. The van der Waals surface area contributed by atoms with E-state index in [1.54, 1.807) is 0 Å². The Balaban J connectivity index is 2.47. The van der Waals surface area contributed by atoms with Gasteiger partial charge in [-0.1, -0.05) is 23.2 Å². The summed E-state index contributed by atoms with van der Waals surface area (Å²) in [5, 5.41) is 12.8. The van der Waals surface area contributed by atoms with E-state index in [1.165, 1.54) is 29.5 Å². The molecule has 2 aromatic rings. The van der Waals surface area contributed by atoms with E-state index in [9.17, 15) is 9.50 Å². The van der Waals surface area contributed by atoms with E-state index >= 15 is 0 Å². The minimum atomic E-state index is -0.996.